The van der Waals surface area contributed by atoms with Gasteiger partial charge in [-0.2, -0.15) is 0 Å². The number of para-hydroxylation sites is 1. The fraction of sp³-hybridized carbons (Fsp3) is 0.241. The molecule has 148 valence electrons. The zero-order chi connectivity index (χ0) is 19.9. The SMILES string of the molecule is c1ccc(Cc2cccc3c2oc2c(C4CCCCC4)c4ccccc4cc23)cc1. The fourth-order valence-corrected chi connectivity index (χ4v) is 5.44. The van der Waals surface area contributed by atoms with Crippen LogP contribution in [-0.2, 0) is 6.42 Å². The summed E-state index contributed by atoms with van der Waals surface area (Å²) >= 11 is 0. The first-order valence-corrected chi connectivity index (χ1v) is 11.3. The molecule has 1 aliphatic carbocycles. The standard InChI is InChI=1S/C29H26O/c1-3-10-20(11-4-1)18-23-15-9-17-25-26-19-22-14-7-8-16-24(22)27(29(26)30-28(23)25)21-12-5-2-6-13-21/h1,3-4,7-11,14-17,19,21H,2,5-6,12-13,18H2. The second kappa shape index (κ2) is 7.32. The fourth-order valence-electron chi connectivity index (χ4n) is 5.44. The van der Waals surface area contributed by atoms with Gasteiger partial charge in [0.1, 0.15) is 11.2 Å². The van der Waals surface area contributed by atoms with Gasteiger partial charge in [0.25, 0.3) is 0 Å². The van der Waals surface area contributed by atoms with Crippen LogP contribution in [0.2, 0.25) is 0 Å². The van der Waals surface area contributed by atoms with E-state index in [1.165, 1.54) is 70.3 Å². The van der Waals surface area contributed by atoms with E-state index in [0.717, 1.165) is 17.6 Å². The van der Waals surface area contributed by atoms with Crippen LogP contribution in [-0.4, -0.2) is 0 Å². The minimum atomic E-state index is 0.602. The van der Waals surface area contributed by atoms with Gasteiger partial charge >= 0.3 is 0 Å². The van der Waals surface area contributed by atoms with Crippen molar-refractivity contribution in [3.8, 4) is 0 Å². The molecule has 1 aliphatic rings. The number of hydrogen-bond acceptors (Lipinski definition) is 1. The van der Waals surface area contributed by atoms with Crippen molar-refractivity contribution in [3.05, 3.63) is 95.6 Å². The maximum absolute atomic E-state index is 6.75. The molecule has 4 aromatic carbocycles. The molecule has 0 atom stereocenters. The molecule has 0 spiro atoms. The van der Waals surface area contributed by atoms with Gasteiger partial charge in [0.2, 0.25) is 0 Å². The molecule has 0 saturated heterocycles. The predicted octanol–water partition coefficient (Wildman–Crippen LogP) is 8.38. The molecule has 0 bridgehead atoms. The summed E-state index contributed by atoms with van der Waals surface area (Å²) < 4.78 is 6.75. The molecule has 0 aliphatic heterocycles. The van der Waals surface area contributed by atoms with E-state index in [4.69, 9.17) is 4.42 Å². The van der Waals surface area contributed by atoms with Crippen molar-refractivity contribution < 1.29 is 4.42 Å². The van der Waals surface area contributed by atoms with Crippen LogP contribution in [0.3, 0.4) is 0 Å². The second-order valence-corrected chi connectivity index (χ2v) is 8.78. The summed E-state index contributed by atoms with van der Waals surface area (Å²) in [6, 6.07) is 28.5. The van der Waals surface area contributed by atoms with Crippen molar-refractivity contribution in [2.45, 2.75) is 44.4 Å². The van der Waals surface area contributed by atoms with Gasteiger partial charge in [-0.05, 0) is 46.7 Å². The Hall–Kier alpha value is -3.06. The normalized spacial score (nSPS) is 15.3. The summed E-state index contributed by atoms with van der Waals surface area (Å²) in [5, 5.41) is 5.24. The minimum absolute atomic E-state index is 0.602. The first-order valence-electron chi connectivity index (χ1n) is 11.3. The van der Waals surface area contributed by atoms with E-state index < -0.39 is 0 Å². The Morgan fingerprint density at radius 2 is 1.43 bits per heavy atom. The van der Waals surface area contributed by atoms with Gasteiger partial charge in [0.15, 0.2) is 0 Å². The zero-order valence-corrected chi connectivity index (χ0v) is 17.2. The molecule has 0 radical (unpaired) electrons. The monoisotopic (exact) mass is 390 g/mol. The summed E-state index contributed by atoms with van der Waals surface area (Å²) in [5.41, 5.74) is 6.22. The third-order valence-electron chi connectivity index (χ3n) is 6.88. The molecule has 5 aromatic rings. The topological polar surface area (TPSA) is 13.1 Å². The molecule has 1 nitrogen and oxygen atoms in total. The molecule has 6 rings (SSSR count). The van der Waals surface area contributed by atoms with Crippen LogP contribution in [0.25, 0.3) is 32.7 Å². The Morgan fingerprint density at radius 3 is 2.30 bits per heavy atom. The Labute approximate surface area is 177 Å². The summed E-state index contributed by atoms with van der Waals surface area (Å²) in [6.45, 7) is 0. The lowest BCUT2D eigenvalue weighted by molar-refractivity contribution is 0.444. The number of hydrogen-bond donors (Lipinski definition) is 0. The van der Waals surface area contributed by atoms with Gasteiger partial charge in [-0.25, -0.2) is 0 Å². The number of rotatable bonds is 3. The van der Waals surface area contributed by atoms with Crippen molar-refractivity contribution >= 4 is 32.7 Å². The number of furan rings is 1. The van der Waals surface area contributed by atoms with Crippen molar-refractivity contribution in [1.82, 2.24) is 0 Å². The quantitative estimate of drug-likeness (QED) is 0.301. The van der Waals surface area contributed by atoms with Crippen LogP contribution in [0.4, 0.5) is 0 Å². The second-order valence-electron chi connectivity index (χ2n) is 8.78. The average Bonchev–Trinajstić information content (AvgIpc) is 3.18. The van der Waals surface area contributed by atoms with Gasteiger partial charge < -0.3 is 4.42 Å². The van der Waals surface area contributed by atoms with Crippen LogP contribution in [0, 0.1) is 0 Å². The summed E-state index contributed by atoms with van der Waals surface area (Å²) in [4.78, 5) is 0. The van der Waals surface area contributed by atoms with Crippen LogP contribution in [0.5, 0.6) is 0 Å². The molecule has 1 aromatic heterocycles. The molecule has 1 fully saturated rings. The average molecular weight is 391 g/mol. The highest BCUT2D eigenvalue weighted by Crippen LogP contribution is 2.44. The molecule has 1 heteroatoms. The lowest BCUT2D eigenvalue weighted by Crippen LogP contribution is -2.05. The van der Waals surface area contributed by atoms with E-state index in [2.05, 4.69) is 78.9 Å². The smallest absolute Gasteiger partial charge is 0.139 e. The highest BCUT2D eigenvalue weighted by atomic mass is 16.3. The van der Waals surface area contributed by atoms with E-state index in [9.17, 15) is 0 Å². The maximum atomic E-state index is 6.75. The van der Waals surface area contributed by atoms with Crippen LogP contribution in [0.15, 0.2) is 83.3 Å². The maximum Gasteiger partial charge on any atom is 0.139 e. The van der Waals surface area contributed by atoms with Gasteiger partial charge in [0.05, 0.1) is 0 Å². The van der Waals surface area contributed by atoms with Gasteiger partial charge in [-0.3, -0.25) is 0 Å². The zero-order valence-electron chi connectivity index (χ0n) is 17.2. The molecule has 0 unspecified atom stereocenters. The first-order chi connectivity index (χ1) is 14.9. The molecule has 0 amide bonds. The number of benzene rings is 4. The van der Waals surface area contributed by atoms with E-state index in [-0.39, 0.29) is 0 Å². The Bertz CT molecular complexity index is 1340. The molecule has 30 heavy (non-hydrogen) atoms. The van der Waals surface area contributed by atoms with Crippen LogP contribution < -0.4 is 0 Å². The highest BCUT2D eigenvalue weighted by molar-refractivity contribution is 6.13. The van der Waals surface area contributed by atoms with E-state index in [1.54, 1.807) is 0 Å². The summed E-state index contributed by atoms with van der Waals surface area (Å²) in [6.07, 6.45) is 7.47. The van der Waals surface area contributed by atoms with Crippen molar-refractivity contribution in [2.24, 2.45) is 0 Å². The third kappa shape index (κ3) is 2.92. The Balaban J connectivity index is 1.62. The number of fused-ring (bicyclic) bond motifs is 4. The first kappa shape index (κ1) is 17.8. The van der Waals surface area contributed by atoms with Crippen LogP contribution >= 0.6 is 0 Å². The lowest BCUT2D eigenvalue weighted by atomic mass is 9.81. The highest BCUT2D eigenvalue weighted by Gasteiger charge is 2.24. The van der Waals surface area contributed by atoms with E-state index >= 15 is 0 Å². The molecular weight excluding hydrogens is 364 g/mol. The summed E-state index contributed by atoms with van der Waals surface area (Å²) in [7, 11) is 0. The largest absolute Gasteiger partial charge is 0.455 e. The van der Waals surface area contributed by atoms with E-state index in [1.807, 2.05) is 0 Å². The Kier molecular flexibility index (Phi) is 4.34. The van der Waals surface area contributed by atoms with Gasteiger partial charge in [-0.1, -0.05) is 92.1 Å². The van der Waals surface area contributed by atoms with Crippen molar-refractivity contribution in [1.29, 1.82) is 0 Å². The molecular formula is C29H26O. The predicted molar refractivity (Wildman–Crippen MR) is 126 cm³/mol. The lowest BCUT2D eigenvalue weighted by Gasteiger charge is -2.23. The Morgan fingerprint density at radius 1 is 0.667 bits per heavy atom. The van der Waals surface area contributed by atoms with Crippen molar-refractivity contribution in [3.63, 3.8) is 0 Å². The minimum Gasteiger partial charge on any atom is -0.455 e. The van der Waals surface area contributed by atoms with Gasteiger partial charge in [-0.15, -0.1) is 0 Å². The van der Waals surface area contributed by atoms with Gasteiger partial charge in [0, 0.05) is 22.8 Å². The van der Waals surface area contributed by atoms with Crippen LogP contribution in [0.1, 0.15) is 54.7 Å². The molecule has 1 saturated carbocycles. The van der Waals surface area contributed by atoms with E-state index in [0.29, 0.717) is 5.92 Å². The van der Waals surface area contributed by atoms with Crippen molar-refractivity contribution in [2.75, 3.05) is 0 Å². The third-order valence-corrected chi connectivity index (χ3v) is 6.88. The molecule has 1 heterocycles. The summed E-state index contributed by atoms with van der Waals surface area (Å²) in [5.74, 6) is 0.602. The molecule has 0 N–H and O–H groups in total.